The monoisotopic (exact) mass is 385 g/mol. The molecule has 0 saturated heterocycles. The highest BCUT2D eigenvalue weighted by molar-refractivity contribution is 7.99. The molecule has 0 aliphatic heterocycles. The Bertz CT molecular complexity index is 744. The largest absolute Gasteiger partial charge is 0.497 e. The van der Waals surface area contributed by atoms with E-state index in [4.69, 9.17) is 4.74 Å². The van der Waals surface area contributed by atoms with E-state index in [1.54, 1.807) is 31.4 Å². The molecule has 2 aromatic rings. The predicted octanol–water partition coefficient (Wildman–Crippen LogP) is 4.20. The van der Waals surface area contributed by atoms with E-state index in [2.05, 4.69) is 5.32 Å². The average Bonchev–Trinajstić information content (AvgIpc) is 2.60. The number of thioether (sulfide) groups is 1. The summed E-state index contributed by atoms with van der Waals surface area (Å²) >= 11 is 1.28. The first-order valence-electron chi connectivity index (χ1n) is 7.60. The highest BCUT2D eigenvalue weighted by Gasteiger charge is 2.32. The number of benzene rings is 2. The second-order valence-electron chi connectivity index (χ2n) is 5.77. The van der Waals surface area contributed by atoms with Crippen molar-refractivity contribution in [1.29, 1.82) is 0 Å². The highest BCUT2D eigenvalue weighted by atomic mass is 32.2. The van der Waals surface area contributed by atoms with Crippen molar-refractivity contribution in [3.8, 4) is 5.75 Å². The van der Waals surface area contributed by atoms with Gasteiger partial charge in [-0.25, -0.2) is 0 Å². The molecule has 0 aliphatic rings. The number of methoxy groups -OCH3 is 1. The summed E-state index contributed by atoms with van der Waals surface area (Å²) in [6.07, 6.45) is -4.44. The zero-order chi connectivity index (χ0) is 19.4. The molecule has 140 valence electrons. The number of carbonyl (C=O) groups excluding carboxylic acids is 1. The van der Waals surface area contributed by atoms with Gasteiger partial charge < -0.3 is 15.2 Å². The molecular formula is C18H18F3NO3S. The number of carbonyl (C=O) groups is 1. The van der Waals surface area contributed by atoms with Crippen LogP contribution in [0.1, 0.15) is 12.5 Å². The molecule has 8 heteroatoms. The van der Waals surface area contributed by atoms with Crippen LogP contribution in [0.15, 0.2) is 53.4 Å². The Labute approximate surface area is 153 Å². The molecule has 0 aliphatic carbocycles. The maximum atomic E-state index is 12.5. The maximum absolute atomic E-state index is 12.5. The second-order valence-corrected chi connectivity index (χ2v) is 6.82. The van der Waals surface area contributed by atoms with Crippen molar-refractivity contribution in [3.63, 3.8) is 0 Å². The van der Waals surface area contributed by atoms with Crippen molar-refractivity contribution in [2.24, 2.45) is 0 Å². The molecule has 2 rings (SSSR count). The predicted molar refractivity (Wildman–Crippen MR) is 94.4 cm³/mol. The van der Waals surface area contributed by atoms with Crippen molar-refractivity contribution in [1.82, 2.24) is 0 Å². The number of aliphatic hydroxyl groups is 1. The fourth-order valence-corrected chi connectivity index (χ4v) is 2.88. The molecule has 0 saturated carbocycles. The lowest BCUT2D eigenvalue weighted by molar-refractivity contribution is -0.137. The lowest BCUT2D eigenvalue weighted by Crippen LogP contribution is -2.42. The van der Waals surface area contributed by atoms with E-state index in [1.807, 2.05) is 0 Å². The zero-order valence-corrected chi connectivity index (χ0v) is 14.9. The van der Waals surface area contributed by atoms with Gasteiger partial charge in [-0.05, 0) is 55.5 Å². The van der Waals surface area contributed by atoms with Crippen molar-refractivity contribution < 1.29 is 27.8 Å². The maximum Gasteiger partial charge on any atom is 0.416 e. The molecule has 2 N–H and O–H groups in total. The van der Waals surface area contributed by atoms with Crippen LogP contribution in [-0.4, -0.2) is 29.5 Å². The van der Waals surface area contributed by atoms with Gasteiger partial charge in [0.05, 0.1) is 12.7 Å². The van der Waals surface area contributed by atoms with E-state index in [9.17, 15) is 23.1 Å². The summed E-state index contributed by atoms with van der Waals surface area (Å²) in [4.78, 5) is 13.1. The van der Waals surface area contributed by atoms with Gasteiger partial charge in [0.15, 0.2) is 0 Å². The second kappa shape index (κ2) is 8.01. The van der Waals surface area contributed by atoms with E-state index in [1.165, 1.54) is 18.7 Å². The van der Waals surface area contributed by atoms with Gasteiger partial charge in [-0.3, -0.25) is 4.79 Å². The first-order chi connectivity index (χ1) is 12.1. The summed E-state index contributed by atoms with van der Waals surface area (Å²) in [6, 6.07) is 11.2. The number of ether oxygens (including phenoxy) is 1. The number of rotatable bonds is 6. The Morgan fingerprint density at radius 1 is 1.12 bits per heavy atom. The number of anilines is 1. The normalized spacial score (nSPS) is 13.8. The van der Waals surface area contributed by atoms with Crippen molar-refractivity contribution in [3.05, 3.63) is 54.1 Å². The quantitative estimate of drug-likeness (QED) is 0.732. The van der Waals surface area contributed by atoms with E-state index < -0.39 is 23.2 Å². The number of hydrogen-bond acceptors (Lipinski definition) is 4. The standard InChI is InChI=1S/C18H18F3NO3S/c1-17(24,11-26-15-9-7-14(25-2)8-10-15)16(23)22-13-5-3-12(4-6-13)18(19,20)21/h3-10,24H,11H2,1-2H3,(H,22,23). The van der Waals surface area contributed by atoms with Crippen molar-refractivity contribution in [2.75, 3.05) is 18.2 Å². The third-order valence-corrected chi connectivity index (χ3v) is 4.85. The summed E-state index contributed by atoms with van der Waals surface area (Å²) in [5.74, 6) is 0.0747. The molecule has 1 amide bonds. The minimum Gasteiger partial charge on any atom is -0.497 e. The highest BCUT2D eigenvalue weighted by Crippen LogP contribution is 2.30. The molecule has 4 nitrogen and oxygen atoms in total. The lowest BCUT2D eigenvalue weighted by Gasteiger charge is -2.22. The third kappa shape index (κ3) is 5.40. The van der Waals surface area contributed by atoms with Crippen molar-refractivity contribution in [2.45, 2.75) is 23.6 Å². The third-order valence-electron chi connectivity index (χ3n) is 3.54. The summed E-state index contributed by atoms with van der Waals surface area (Å²) in [6.45, 7) is 1.35. The fraction of sp³-hybridized carbons (Fsp3) is 0.278. The lowest BCUT2D eigenvalue weighted by atomic mass is 10.1. The van der Waals surface area contributed by atoms with E-state index in [0.29, 0.717) is 5.75 Å². The Morgan fingerprint density at radius 3 is 2.19 bits per heavy atom. The molecule has 26 heavy (non-hydrogen) atoms. The topological polar surface area (TPSA) is 58.6 Å². The fourth-order valence-electron chi connectivity index (χ4n) is 1.97. The van der Waals surface area contributed by atoms with Crippen LogP contribution in [0, 0.1) is 0 Å². The molecule has 0 fully saturated rings. The number of alkyl halides is 3. The molecule has 1 atom stereocenters. The molecular weight excluding hydrogens is 367 g/mol. The summed E-state index contributed by atoms with van der Waals surface area (Å²) in [5, 5.41) is 12.8. The first-order valence-corrected chi connectivity index (χ1v) is 8.58. The molecule has 0 bridgehead atoms. The average molecular weight is 385 g/mol. The van der Waals surface area contributed by atoms with E-state index >= 15 is 0 Å². The van der Waals surface area contributed by atoms with Gasteiger partial charge in [0.2, 0.25) is 0 Å². The minimum atomic E-state index is -4.44. The van der Waals surface area contributed by atoms with Crippen LogP contribution in [0.25, 0.3) is 0 Å². The minimum absolute atomic E-state index is 0.0752. The zero-order valence-electron chi connectivity index (χ0n) is 14.1. The molecule has 0 radical (unpaired) electrons. The SMILES string of the molecule is COc1ccc(SCC(C)(O)C(=O)Nc2ccc(C(F)(F)F)cc2)cc1. The summed E-state index contributed by atoms with van der Waals surface area (Å²) in [5.41, 5.74) is -2.33. The number of amides is 1. The van der Waals surface area contributed by atoms with Gasteiger partial charge in [0.25, 0.3) is 5.91 Å². The molecule has 1 unspecified atom stereocenters. The molecule has 0 heterocycles. The van der Waals surface area contributed by atoms with Gasteiger partial charge in [-0.1, -0.05) is 0 Å². The van der Waals surface area contributed by atoms with Crippen LogP contribution in [0.4, 0.5) is 18.9 Å². The molecule has 2 aromatic carbocycles. The van der Waals surface area contributed by atoms with Crippen LogP contribution >= 0.6 is 11.8 Å². The van der Waals surface area contributed by atoms with Gasteiger partial charge in [0.1, 0.15) is 11.4 Å². The summed E-state index contributed by atoms with van der Waals surface area (Å²) < 4.78 is 42.7. The number of nitrogens with one attached hydrogen (secondary N) is 1. The Kier molecular flexibility index (Phi) is 6.20. The van der Waals surface area contributed by atoms with Crippen LogP contribution in [0.2, 0.25) is 0 Å². The number of halogens is 3. The van der Waals surface area contributed by atoms with Crippen molar-refractivity contribution >= 4 is 23.4 Å². The van der Waals surface area contributed by atoms with Gasteiger partial charge in [0, 0.05) is 16.3 Å². The first kappa shape index (κ1) is 20.1. The van der Waals surface area contributed by atoms with Gasteiger partial charge in [-0.2, -0.15) is 13.2 Å². The van der Waals surface area contributed by atoms with Crippen LogP contribution in [0.3, 0.4) is 0 Å². The Balaban J connectivity index is 1.95. The smallest absolute Gasteiger partial charge is 0.416 e. The number of hydrogen-bond donors (Lipinski definition) is 2. The van der Waals surface area contributed by atoms with Crippen LogP contribution < -0.4 is 10.1 Å². The van der Waals surface area contributed by atoms with Gasteiger partial charge >= 0.3 is 6.18 Å². The van der Waals surface area contributed by atoms with Gasteiger partial charge in [-0.15, -0.1) is 11.8 Å². The Hall–Kier alpha value is -2.19. The van der Waals surface area contributed by atoms with E-state index in [0.717, 1.165) is 29.2 Å². The summed E-state index contributed by atoms with van der Waals surface area (Å²) in [7, 11) is 1.55. The van der Waals surface area contributed by atoms with Crippen LogP contribution in [-0.2, 0) is 11.0 Å². The molecule has 0 spiro atoms. The van der Waals surface area contributed by atoms with Crippen LogP contribution in [0.5, 0.6) is 5.75 Å². The van der Waals surface area contributed by atoms with E-state index in [-0.39, 0.29) is 11.4 Å². The Morgan fingerprint density at radius 2 is 1.69 bits per heavy atom. The molecule has 0 aromatic heterocycles.